The molecule has 1 aromatic carbocycles. The van der Waals surface area contributed by atoms with Crippen LogP contribution in [-0.4, -0.2) is 5.11 Å². The maximum absolute atomic E-state index is 12.5. The Balaban J connectivity index is 3.12. The Hall–Kier alpha value is -1.31. The SMILES string of the molecule is C/C=C\c1cc(F)ccc1O. The van der Waals surface area contributed by atoms with Crippen LogP contribution in [0.15, 0.2) is 24.3 Å². The summed E-state index contributed by atoms with van der Waals surface area (Å²) in [6.45, 7) is 1.81. The van der Waals surface area contributed by atoms with Crippen LogP contribution in [0.4, 0.5) is 4.39 Å². The van der Waals surface area contributed by atoms with Crippen molar-refractivity contribution in [2.45, 2.75) is 6.92 Å². The molecule has 1 nitrogen and oxygen atoms in total. The van der Waals surface area contributed by atoms with E-state index < -0.39 is 0 Å². The molecule has 0 aliphatic carbocycles. The Kier molecular flexibility index (Phi) is 2.26. The van der Waals surface area contributed by atoms with Gasteiger partial charge >= 0.3 is 0 Å². The molecule has 0 radical (unpaired) electrons. The molecule has 0 atom stereocenters. The summed E-state index contributed by atoms with van der Waals surface area (Å²) in [5, 5.41) is 9.15. The van der Waals surface area contributed by atoms with Crippen LogP contribution >= 0.6 is 0 Å². The monoisotopic (exact) mass is 152 g/mol. The van der Waals surface area contributed by atoms with E-state index >= 15 is 0 Å². The molecule has 0 fully saturated rings. The van der Waals surface area contributed by atoms with E-state index in [0.29, 0.717) is 5.56 Å². The van der Waals surface area contributed by atoms with Crippen molar-refractivity contribution in [2.24, 2.45) is 0 Å². The molecular weight excluding hydrogens is 143 g/mol. The fourth-order valence-corrected chi connectivity index (χ4v) is 0.838. The van der Waals surface area contributed by atoms with E-state index in [1.807, 2.05) is 6.92 Å². The topological polar surface area (TPSA) is 20.2 Å². The predicted octanol–water partition coefficient (Wildman–Crippen LogP) is 2.56. The highest BCUT2D eigenvalue weighted by molar-refractivity contribution is 5.56. The minimum atomic E-state index is -0.337. The first kappa shape index (κ1) is 7.79. The largest absolute Gasteiger partial charge is 0.507 e. The van der Waals surface area contributed by atoms with Gasteiger partial charge in [-0.25, -0.2) is 4.39 Å². The van der Waals surface area contributed by atoms with Crippen molar-refractivity contribution in [1.29, 1.82) is 0 Å². The second-order valence-electron chi connectivity index (χ2n) is 2.20. The van der Waals surface area contributed by atoms with Crippen LogP contribution in [0.1, 0.15) is 12.5 Å². The van der Waals surface area contributed by atoms with Crippen LogP contribution in [0.3, 0.4) is 0 Å². The lowest BCUT2D eigenvalue weighted by Gasteiger charge is -1.97. The van der Waals surface area contributed by atoms with Gasteiger partial charge in [-0.3, -0.25) is 0 Å². The molecular formula is C9H9FO. The zero-order valence-electron chi connectivity index (χ0n) is 6.21. The van der Waals surface area contributed by atoms with Crippen molar-refractivity contribution in [3.63, 3.8) is 0 Å². The van der Waals surface area contributed by atoms with Gasteiger partial charge in [0, 0.05) is 5.56 Å². The Morgan fingerprint density at radius 3 is 2.82 bits per heavy atom. The molecule has 58 valence electrons. The van der Waals surface area contributed by atoms with Crippen molar-refractivity contribution in [2.75, 3.05) is 0 Å². The van der Waals surface area contributed by atoms with Crippen molar-refractivity contribution in [1.82, 2.24) is 0 Å². The zero-order chi connectivity index (χ0) is 8.27. The molecule has 0 spiro atoms. The summed E-state index contributed by atoms with van der Waals surface area (Å²) in [6, 6.07) is 3.85. The van der Waals surface area contributed by atoms with E-state index in [-0.39, 0.29) is 11.6 Å². The van der Waals surface area contributed by atoms with Crippen LogP contribution in [-0.2, 0) is 0 Å². The van der Waals surface area contributed by atoms with Crippen LogP contribution < -0.4 is 0 Å². The van der Waals surface area contributed by atoms with E-state index in [4.69, 9.17) is 5.11 Å². The average molecular weight is 152 g/mol. The molecule has 1 N–H and O–H groups in total. The maximum Gasteiger partial charge on any atom is 0.124 e. The van der Waals surface area contributed by atoms with E-state index in [0.717, 1.165) is 0 Å². The highest BCUT2D eigenvalue weighted by Crippen LogP contribution is 2.18. The van der Waals surface area contributed by atoms with Gasteiger partial charge in [0.2, 0.25) is 0 Å². The first-order valence-electron chi connectivity index (χ1n) is 3.35. The van der Waals surface area contributed by atoms with E-state index in [1.54, 1.807) is 12.2 Å². The summed E-state index contributed by atoms with van der Waals surface area (Å²) in [7, 11) is 0. The van der Waals surface area contributed by atoms with Gasteiger partial charge in [0.1, 0.15) is 11.6 Å². The van der Waals surface area contributed by atoms with Crippen molar-refractivity contribution in [3.05, 3.63) is 35.7 Å². The third-order valence-corrected chi connectivity index (χ3v) is 1.34. The molecule has 1 rings (SSSR count). The normalized spacial score (nSPS) is 10.7. The van der Waals surface area contributed by atoms with Gasteiger partial charge < -0.3 is 5.11 Å². The van der Waals surface area contributed by atoms with Gasteiger partial charge in [-0.2, -0.15) is 0 Å². The quantitative estimate of drug-likeness (QED) is 0.655. The Labute approximate surface area is 64.8 Å². The number of halogens is 1. The summed E-state index contributed by atoms with van der Waals surface area (Å²) < 4.78 is 12.5. The molecule has 2 heteroatoms. The molecule has 0 amide bonds. The number of phenolic OH excluding ortho intramolecular Hbond substituents is 1. The summed E-state index contributed by atoms with van der Waals surface area (Å²) in [5.41, 5.74) is 0.507. The second kappa shape index (κ2) is 3.19. The molecule has 0 heterocycles. The first-order chi connectivity index (χ1) is 5.24. The fourth-order valence-electron chi connectivity index (χ4n) is 0.838. The van der Waals surface area contributed by atoms with Crippen LogP contribution in [0.2, 0.25) is 0 Å². The number of aromatic hydroxyl groups is 1. The fraction of sp³-hybridized carbons (Fsp3) is 0.111. The zero-order valence-corrected chi connectivity index (χ0v) is 6.21. The van der Waals surface area contributed by atoms with Crippen LogP contribution in [0, 0.1) is 5.82 Å². The highest BCUT2D eigenvalue weighted by Gasteiger charge is 1.97. The summed E-state index contributed by atoms with van der Waals surface area (Å²) in [6.07, 6.45) is 3.40. The number of hydrogen-bond acceptors (Lipinski definition) is 1. The van der Waals surface area contributed by atoms with Crippen molar-refractivity contribution in [3.8, 4) is 5.75 Å². The maximum atomic E-state index is 12.5. The molecule has 0 aliphatic rings. The number of phenols is 1. The second-order valence-corrected chi connectivity index (χ2v) is 2.20. The van der Waals surface area contributed by atoms with Crippen molar-refractivity contribution >= 4 is 6.08 Å². The molecule has 0 aromatic heterocycles. The van der Waals surface area contributed by atoms with Gasteiger partial charge in [-0.1, -0.05) is 12.2 Å². The molecule has 0 saturated heterocycles. The number of hydrogen-bond donors (Lipinski definition) is 1. The Morgan fingerprint density at radius 1 is 1.45 bits per heavy atom. The molecule has 0 bridgehead atoms. The molecule has 0 aliphatic heterocycles. The minimum Gasteiger partial charge on any atom is -0.507 e. The molecule has 1 aromatic rings. The average Bonchev–Trinajstić information content (AvgIpc) is 1.98. The molecule has 0 unspecified atom stereocenters. The van der Waals surface area contributed by atoms with Crippen LogP contribution in [0.5, 0.6) is 5.75 Å². The van der Waals surface area contributed by atoms with Crippen molar-refractivity contribution < 1.29 is 9.50 Å². The van der Waals surface area contributed by atoms with E-state index in [9.17, 15) is 4.39 Å². The first-order valence-corrected chi connectivity index (χ1v) is 3.35. The van der Waals surface area contributed by atoms with Gasteiger partial charge in [0.25, 0.3) is 0 Å². The summed E-state index contributed by atoms with van der Waals surface area (Å²) in [4.78, 5) is 0. The number of rotatable bonds is 1. The number of allylic oxidation sites excluding steroid dienone is 1. The standard InChI is InChI=1S/C9H9FO/c1-2-3-7-6-8(10)4-5-9(7)11/h2-6,11H,1H3/b3-2-. The van der Waals surface area contributed by atoms with Gasteiger partial charge in [0.05, 0.1) is 0 Å². The third-order valence-electron chi connectivity index (χ3n) is 1.34. The van der Waals surface area contributed by atoms with Crippen LogP contribution in [0.25, 0.3) is 6.08 Å². The lowest BCUT2D eigenvalue weighted by Crippen LogP contribution is -1.77. The summed E-state index contributed by atoms with van der Waals surface area (Å²) in [5.74, 6) is -0.236. The third kappa shape index (κ3) is 1.80. The Bertz CT molecular complexity index is 279. The Morgan fingerprint density at radius 2 is 2.18 bits per heavy atom. The minimum absolute atomic E-state index is 0.101. The van der Waals surface area contributed by atoms with Gasteiger partial charge in [-0.05, 0) is 25.1 Å². The van der Waals surface area contributed by atoms with E-state index in [2.05, 4.69) is 0 Å². The lowest BCUT2D eigenvalue weighted by atomic mass is 10.2. The predicted molar refractivity (Wildman–Crippen MR) is 42.8 cm³/mol. The molecule has 11 heavy (non-hydrogen) atoms. The lowest BCUT2D eigenvalue weighted by molar-refractivity contribution is 0.471. The van der Waals surface area contributed by atoms with Gasteiger partial charge in [0.15, 0.2) is 0 Å². The number of benzene rings is 1. The smallest absolute Gasteiger partial charge is 0.124 e. The summed E-state index contributed by atoms with van der Waals surface area (Å²) >= 11 is 0. The van der Waals surface area contributed by atoms with Gasteiger partial charge in [-0.15, -0.1) is 0 Å². The highest BCUT2D eigenvalue weighted by atomic mass is 19.1. The van der Waals surface area contributed by atoms with E-state index in [1.165, 1.54) is 18.2 Å². The molecule has 0 saturated carbocycles.